The predicted molar refractivity (Wildman–Crippen MR) is 99.8 cm³/mol. The highest BCUT2D eigenvalue weighted by Gasteiger charge is 2.09. The standard InChI is InChI=1S/C16H20N4O3.C2H4O2/c1-10-3-4-12(8-13(10)23-6-5-17)16(22)18-9-14-19-11(2)7-15(21)20-14;1-2(3)4/h3-4,7-8H,5-6,9,17H2,1-2H3,(H,18,22)(H,19,20,21);1H3,(H,3,4). The molecule has 146 valence electrons. The third-order valence-corrected chi connectivity index (χ3v) is 3.16. The molecule has 0 fully saturated rings. The Hall–Kier alpha value is -3.20. The van der Waals surface area contributed by atoms with Crippen LogP contribution in [0, 0.1) is 13.8 Å². The second-order valence-electron chi connectivity index (χ2n) is 5.65. The van der Waals surface area contributed by atoms with Crippen molar-refractivity contribution in [2.45, 2.75) is 27.3 Å². The van der Waals surface area contributed by atoms with Gasteiger partial charge >= 0.3 is 0 Å². The highest BCUT2D eigenvalue weighted by atomic mass is 16.5. The lowest BCUT2D eigenvalue weighted by Gasteiger charge is -2.10. The van der Waals surface area contributed by atoms with Crippen LogP contribution >= 0.6 is 0 Å². The molecule has 27 heavy (non-hydrogen) atoms. The molecule has 0 unspecified atom stereocenters. The van der Waals surface area contributed by atoms with E-state index in [1.807, 2.05) is 13.0 Å². The van der Waals surface area contributed by atoms with Crippen molar-refractivity contribution in [2.75, 3.05) is 13.2 Å². The molecule has 1 aromatic carbocycles. The monoisotopic (exact) mass is 376 g/mol. The smallest absolute Gasteiger partial charge is 0.300 e. The largest absolute Gasteiger partial charge is 0.492 e. The summed E-state index contributed by atoms with van der Waals surface area (Å²) in [6.45, 7) is 5.64. The van der Waals surface area contributed by atoms with Crippen LogP contribution in [0.25, 0.3) is 0 Å². The highest BCUT2D eigenvalue weighted by Crippen LogP contribution is 2.19. The molecular weight excluding hydrogens is 352 g/mol. The fourth-order valence-corrected chi connectivity index (χ4v) is 2.06. The van der Waals surface area contributed by atoms with Crippen molar-refractivity contribution in [3.63, 3.8) is 0 Å². The molecule has 1 heterocycles. The van der Waals surface area contributed by atoms with E-state index in [0.29, 0.717) is 36.0 Å². The number of rotatable bonds is 6. The van der Waals surface area contributed by atoms with E-state index in [2.05, 4.69) is 15.3 Å². The maximum atomic E-state index is 12.2. The summed E-state index contributed by atoms with van der Waals surface area (Å²) in [5, 5.41) is 10.1. The number of aliphatic carboxylic acids is 1. The number of aromatic amines is 1. The molecule has 0 radical (unpaired) electrons. The Labute approximate surface area is 156 Å². The van der Waals surface area contributed by atoms with Crippen LogP contribution in [0.2, 0.25) is 0 Å². The first-order valence-corrected chi connectivity index (χ1v) is 8.21. The van der Waals surface area contributed by atoms with Gasteiger partial charge in [-0.1, -0.05) is 6.07 Å². The summed E-state index contributed by atoms with van der Waals surface area (Å²) in [6.07, 6.45) is 0. The van der Waals surface area contributed by atoms with Crippen LogP contribution in [0.1, 0.15) is 34.4 Å². The van der Waals surface area contributed by atoms with E-state index in [1.165, 1.54) is 6.07 Å². The lowest BCUT2D eigenvalue weighted by atomic mass is 10.1. The van der Waals surface area contributed by atoms with Crippen molar-refractivity contribution < 1.29 is 19.4 Å². The SMILES string of the molecule is CC(=O)O.Cc1cc(=O)[nH]c(CNC(=O)c2ccc(C)c(OCCN)c2)n1. The molecule has 1 aromatic heterocycles. The predicted octanol–water partition coefficient (Wildman–Crippen LogP) is 0.745. The number of carboxylic acid groups (broad SMARTS) is 1. The van der Waals surface area contributed by atoms with Gasteiger partial charge in [-0.05, 0) is 31.5 Å². The van der Waals surface area contributed by atoms with Crippen LogP contribution in [0.3, 0.4) is 0 Å². The fraction of sp³-hybridized carbons (Fsp3) is 0.333. The molecular formula is C18H24N4O5. The zero-order valence-electron chi connectivity index (χ0n) is 15.5. The molecule has 0 aliphatic carbocycles. The Bertz CT molecular complexity index is 844. The number of ether oxygens (including phenoxy) is 1. The van der Waals surface area contributed by atoms with E-state index in [1.54, 1.807) is 19.1 Å². The third kappa shape index (κ3) is 8.15. The highest BCUT2D eigenvalue weighted by molar-refractivity contribution is 5.94. The minimum Gasteiger partial charge on any atom is -0.492 e. The van der Waals surface area contributed by atoms with Gasteiger partial charge in [0.05, 0.1) is 6.54 Å². The summed E-state index contributed by atoms with van der Waals surface area (Å²) >= 11 is 0. The molecule has 9 heteroatoms. The number of hydrogen-bond donors (Lipinski definition) is 4. The van der Waals surface area contributed by atoms with Gasteiger partial charge in [-0.2, -0.15) is 0 Å². The average Bonchev–Trinajstić information content (AvgIpc) is 2.57. The van der Waals surface area contributed by atoms with Crippen molar-refractivity contribution in [3.05, 3.63) is 57.3 Å². The second-order valence-corrected chi connectivity index (χ2v) is 5.65. The molecule has 0 spiro atoms. The molecule has 2 rings (SSSR count). The van der Waals surface area contributed by atoms with Gasteiger partial charge in [0.15, 0.2) is 0 Å². The van der Waals surface area contributed by atoms with E-state index >= 15 is 0 Å². The zero-order chi connectivity index (χ0) is 20.4. The minimum atomic E-state index is -0.833. The molecule has 5 N–H and O–H groups in total. The van der Waals surface area contributed by atoms with Gasteiger partial charge in [0.2, 0.25) is 0 Å². The third-order valence-electron chi connectivity index (χ3n) is 3.16. The lowest BCUT2D eigenvalue weighted by Crippen LogP contribution is -2.25. The number of benzene rings is 1. The number of aromatic nitrogens is 2. The van der Waals surface area contributed by atoms with Crippen LogP contribution in [0.15, 0.2) is 29.1 Å². The average molecular weight is 376 g/mol. The second kappa shape index (κ2) is 10.7. The Kier molecular flexibility index (Phi) is 8.67. The van der Waals surface area contributed by atoms with Crippen LogP contribution in [-0.4, -0.2) is 40.1 Å². The number of nitrogens with one attached hydrogen (secondary N) is 2. The first-order valence-electron chi connectivity index (χ1n) is 8.21. The summed E-state index contributed by atoms with van der Waals surface area (Å²) in [7, 11) is 0. The quantitative estimate of drug-likeness (QED) is 0.581. The number of carbonyl (C=O) groups excluding carboxylic acids is 1. The van der Waals surface area contributed by atoms with E-state index in [9.17, 15) is 9.59 Å². The number of carboxylic acids is 1. The summed E-state index contributed by atoms with van der Waals surface area (Å²) in [5.74, 6) is -0.0630. The summed E-state index contributed by atoms with van der Waals surface area (Å²) < 4.78 is 5.51. The van der Waals surface area contributed by atoms with E-state index < -0.39 is 5.97 Å². The number of nitrogens with zero attached hydrogens (tertiary/aromatic N) is 1. The molecule has 0 saturated carbocycles. The fourth-order valence-electron chi connectivity index (χ4n) is 2.06. The van der Waals surface area contributed by atoms with Gasteiger partial charge < -0.3 is 25.9 Å². The van der Waals surface area contributed by atoms with Crippen molar-refractivity contribution in [3.8, 4) is 5.75 Å². The number of carbonyl (C=O) groups is 2. The van der Waals surface area contributed by atoms with Gasteiger partial charge in [-0.3, -0.25) is 14.4 Å². The molecule has 1 amide bonds. The van der Waals surface area contributed by atoms with Crippen molar-refractivity contribution in [2.24, 2.45) is 5.73 Å². The number of nitrogens with two attached hydrogens (primary N) is 1. The first kappa shape index (κ1) is 21.8. The van der Waals surface area contributed by atoms with Crippen molar-refractivity contribution >= 4 is 11.9 Å². The first-order chi connectivity index (χ1) is 12.7. The van der Waals surface area contributed by atoms with E-state index in [-0.39, 0.29) is 18.0 Å². The van der Waals surface area contributed by atoms with Crippen LogP contribution in [-0.2, 0) is 11.3 Å². The normalized spacial score (nSPS) is 9.78. The summed E-state index contributed by atoms with van der Waals surface area (Å²) in [4.78, 5) is 39.3. The number of aryl methyl sites for hydroxylation is 2. The van der Waals surface area contributed by atoms with Gasteiger partial charge in [-0.15, -0.1) is 0 Å². The number of amides is 1. The Morgan fingerprint density at radius 1 is 1.30 bits per heavy atom. The van der Waals surface area contributed by atoms with E-state index in [4.69, 9.17) is 20.4 Å². The van der Waals surface area contributed by atoms with Gasteiger partial charge in [-0.25, -0.2) is 4.98 Å². The minimum absolute atomic E-state index is 0.141. The Morgan fingerprint density at radius 3 is 2.56 bits per heavy atom. The van der Waals surface area contributed by atoms with Crippen LogP contribution < -0.4 is 21.3 Å². The molecule has 9 nitrogen and oxygen atoms in total. The van der Waals surface area contributed by atoms with E-state index in [0.717, 1.165) is 12.5 Å². The van der Waals surface area contributed by atoms with Gasteiger partial charge in [0, 0.05) is 30.8 Å². The number of hydrogen-bond acceptors (Lipinski definition) is 6. The maximum Gasteiger partial charge on any atom is 0.300 e. The Balaban J connectivity index is 0.000000828. The molecule has 0 aliphatic heterocycles. The number of H-pyrrole nitrogens is 1. The molecule has 0 aliphatic rings. The molecule has 0 atom stereocenters. The lowest BCUT2D eigenvalue weighted by molar-refractivity contribution is -0.134. The molecule has 0 saturated heterocycles. The topological polar surface area (TPSA) is 147 Å². The molecule has 0 bridgehead atoms. The zero-order valence-corrected chi connectivity index (χ0v) is 15.5. The van der Waals surface area contributed by atoms with Crippen molar-refractivity contribution in [1.82, 2.24) is 15.3 Å². The maximum absolute atomic E-state index is 12.2. The van der Waals surface area contributed by atoms with Gasteiger partial charge in [0.25, 0.3) is 17.4 Å². The summed E-state index contributed by atoms with van der Waals surface area (Å²) in [6, 6.07) is 6.60. The van der Waals surface area contributed by atoms with Gasteiger partial charge in [0.1, 0.15) is 18.2 Å². The summed E-state index contributed by atoms with van der Waals surface area (Å²) in [5.41, 5.74) is 7.18. The van der Waals surface area contributed by atoms with Crippen molar-refractivity contribution in [1.29, 1.82) is 0 Å². The van der Waals surface area contributed by atoms with Crippen LogP contribution in [0.4, 0.5) is 0 Å². The Morgan fingerprint density at radius 2 is 1.96 bits per heavy atom. The van der Waals surface area contributed by atoms with Crippen LogP contribution in [0.5, 0.6) is 5.75 Å². The molecule has 2 aromatic rings.